The van der Waals surface area contributed by atoms with E-state index in [1.807, 2.05) is 5.32 Å². The van der Waals surface area contributed by atoms with Crippen LogP contribution in [0, 0.1) is 17.6 Å². The summed E-state index contributed by atoms with van der Waals surface area (Å²) in [5.74, 6) is -4.34. The lowest BCUT2D eigenvalue weighted by Gasteiger charge is -2.31. The third-order valence-electron chi connectivity index (χ3n) is 4.19. The van der Waals surface area contributed by atoms with Crippen LogP contribution in [0.5, 0.6) is 0 Å². The number of carbonyl (C=O) groups is 4. The summed E-state index contributed by atoms with van der Waals surface area (Å²) in [4.78, 5) is 48.0. The van der Waals surface area contributed by atoms with E-state index in [2.05, 4.69) is 0 Å². The Morgan fingerprint density at radius 1 is 1.22 bits per heavy atom. The molecule has 1 aromatic carbocycles. The highest BCUT2D eigenvalue weighted by molar-refractivity contribution is 5.96. The van der Waals surface area contributed by atoms with Gasteiger partial charge in [0, 0.05) is 19.2 Å². The van der Waals surface area contributed by atoms with E-state index in [9.17, 15) is 28.0 Å². The molecule has 2 rings (SSSR count). The third kappa shape index (κ3) is 5.22. The summed E-state index contributed by atoms with van der Waals surface area (Å²) < 4.78 is 31.7. The fourth-order valence-electron chi connectivity index (χ4n) is 2.70. The quantitative estimate of drug-likeness (QED) is 0.750. The predicted molar refractivity (Wildman–Crippen MR) is 88.3 cm³/mol. The van der Waals surface area contributed by atoms with Gasteiger partial charge in [0.25, 0.3) is 11.8 Å². The van der Waals surface area contributed by atoms with Crippen LogP contribution in [0.1, 0.15) is 30.1 Å². The molecule has 8 nitrogen and oxygen atoms in total. The van der Waals surface area contributed by atoms with Gasteiger partial charge in [-0.25, -0.2) is 13.6 Å². The minimum Gasteiger partial charge on any atom is -0.452 e. The topological polar surface area (TPSA) is 119 Å². The maximum Gasteiger partial charge on any atom is 0.318 e. The average molecular weight is 383 g/mol. The molecule has 27 heavy (non-hydrogen) atoms. The zero-order valence-electron chi connectivity index (χ0n) is 14.5. The minimum absolute atomic E-state index is 0.178. The van der Waals surface area contributed by atoms with Gasteiger partial charge in [-0.05, 0) is 31.9 Å². The van der Waals surface area contributed by atoms with Gasteiger partial charge < -0.3 is 15.4 Å². The number of nitrogens with zero attached hydrogens (tertiary/aromatic N) is 1. The van der Waals surface area contributed by atoms with Gasteiger partial charge in [0.05, 0.1) is 11.5 Å². The zero-order valence-corrected chi connectivity index (χ0v) is 14.5. The van der Waals surface area contributed by atoms with Crippen LogP contribution < -0.4 is 11.1 Å². The molecule has 0 radical (unpaired) electrons. The molecule has 1 heterocycles. The number of carbonyl (C=O) groups excluding carboxylic acids is 4. The van der Waals surface area contributed by atoms with E-state index in [4.69, 9.17) is 10.5 Å². The number of primary amides is 1. The van der Waals surface area contributed by atoms with Crippen molar-refractivity contribution in [1.82, 2.24) is 10.2 Å². The van der Waals surface area contributed by atoms with Crippen LogP contribution in [0.15, 0.2) is 18.2 Å². The number of esters is 1. The number of likely N-dealkylation sites (tertiary alicyclic amines) is 1. The number of amides is 4. The predicted octanol–water partition coefficient (Wildman–Crippen LogP) is 0.944. The Kier molecular flexibility index (Phi) is 6.43. The Morgan fingerprint density at radius 2 is 1.85 bits per heavy atom. The van der Waals surface area contributed by atoms with Crippen LogP contribution in [0.4, 0.5) is 13.6 Å². The van der Waals surface area contributed by atoms with Crippen molar-refractivity contribution in [2.75, 3.05) is 13.1 Å². The van der Waals surface area contributed by atoms with Gasteiger partial charge in [0.2, 0.25) is 0 Å². The van der Waals surface area contributed by atoms with Crippen LogP contribution in [0.2, 0.25) is 0 Å². The molecule has 1 saturated heterocycles. The fourth-order valence-corrected chi connectivity index (χ4v) is 2.70. The lowest BCUT2D eigenvalue weighted by atomic mass is 9.96. The van der Waals surface area contributed by atoms with Gasteiger partial charge in [-0.2, -0.15) is 0 Å². The monoisotopic (exact) mass is 383 g/mol. The largest absolute Gasteiger partial charge is 0.452 e. The second-order valence-corrected chi connectivity index (χ2v) is 6.12. The highest BCUT2D eigenvalue weighted by Gasteiger charge is 2.31. The van der Waals surface area contributed by atoms with Gasteiger partial charge in [-0.3, -0.25) is 19.7 Å². The number of piperidine rings is 1. The van der Waals surface area contributed by atoms with E-state index >= 15 is 0 Å². The number of nitrogens with one attached hydrogen (secondary N) is 1. The molecule has 4 amide bonds. The normalized spacial score (nSPS) is 15.7. The van der Waals surface area contributed by atoms with Crippen molar-refractivity contribution >= 4 is 23.8 Å². The number of ether oxygens (including phenoxy) is 1. The molecule has 146 valence electrons. The van der Waals surface area contributed by atoms with Crippen molar-refractivity contribution in [2.45, 2.75) is 25.9 Å². The summed E-state index contributed by atoms with van der Waals surface area (Å²) in [5, 5.41) is 1.81. The Labute approximate surface area is 153 Å². The number of imide groups is 1. The molecule has 0 spiro atoms. The number of halogens is 2. The standard InChI is InChI=1S/C17H19F2N3O5/c1-9(14(23)21-17(20)26)27-16(25)10-4-6-22(7-5-10)15(24)12-3-2-11(18)8-13(12)19/h2-3,8-10H,4-7H2,1H3,(H3,20,21,23,26). The Bertz CT molecular complexity index is 763. The van der Waals surface area contributed by atoms with Crippen LogP contribution in [-0.4, -0.2) is 47.9 Å². The van der Waals surface area contributed by atoms with Gasteiger partial charge in [-0.1, -0.05) is 0 Å². The molecule has 3 N–H and O–H groups in total. The Morgan fingerprint density at radius 3 is 2.41 bits per heavy atom. The summed E-state index contributed by atoms with van der Waals surface area (Å²) in [5.41, 5.74) is 4.58. The molecular weight excluding hydrogens is 364 g/mol. The van der Waals surface area contributed by atoms with Crippen molar-refractivity contribution < 1.29 is 32.7 Å². The van der Waals surface area contributed by atoms with E-state index in [0.717, 1.165) is 12.1 Å². The molecule has 0 bridgehead atoms. The van der Waals surface area contributed by atoms with E-state index < -0.39 is 47.5 Å². The molecule has 1 aliphatic rings. The highest BCUT2D eigenvalue weighted by Crippen LogP contribution is 2.22. The third-order valence-corrected chi connectivity index (χ3v) is 4.19. The van der Waals surface area contributed by atoms with Crippen molar-refractivity contribution in [3.05, 3.63) is 35.4 Å². The summed E-state index contributed by atoms with van der Waals surface area (Å²) in [6.45, 7) is 1.65. The summed E-state index contributed by atoms with van der Waals surface area (Å²) >= 11 is 0. The molecule has 10 heteroatoms. The molecule has 1 aromatic rings. The summed E-state index contributed by atoms with van der Waals surface area (Å²) in [6.07, 6.45) is -0.673. The Balaban J connectivity index is 1.89. The first kappa shape index (κ1) is 20.3. The second-order valence-electron chi connectivity index (χ2n) is 6.12. The van der Waals surface area contributed by atoms with Gasteiger partial charge >= 0.3 is 12.0 Å². The van der Waals surface area contributed by atoms with E-state index in [1.54, 1.807) is 0 Å². The van der Waals surface area contributed by atoms with Crippen molar-refractivity contribution in [2.24, 2.45) is 11.7 Å². The average Bonchev–Trinajstić information content (AvgIpc) is 2.60. The highest BCUT2D eigenvalue weighted by atomic mass is 19.1. The molecule has 0 aliphatic carbocycles. The summed E-state index contributed by atoms with van der Waals surface area (Å²) in [7, 11) is 0. The molecule has 1 fully saturated rings. The number of hydrogen-bond donors (Lipinski definition) is 2. The minimum atomic E-state index is -1.20. The van der Waals surface area contributed by atoms with Crippen LogP contribution in [0.25, 0.3) is 0 Å². The van der Waals surface area contributed by atoms with Gasteiger partial charge in [-0.15, -0.1) is 0 Å². The molecule has 1 aliphatic heterocycles. The van der Waals surface area contributed by atoms with E-state index in [-0.39, 0.29) is 31.5 Å². The number of urea groups is 1. The second kappa shape index (κ2) is 8.56. The van der Waals surface area contributed by atoms with Gasteiger partial charge in [0.15, 0.2) is 6.10 Å². The molecule has 1 atom stereocenters. The smallest absolute Gasteiger partial charge is 0.318 e. The molecule has 0 saturated carbocycles. The van der Waals surface area contributed by atoms with E-state index in [0.29, 0.717) is 6.07 Å². The van der Waals surface area contributed by atoms with Crippen LogP contribution in [-0.2, 0) is 14.3 Å². The van der Waals surface area contributed by atoms with Crippen molar-refractivity contribution in [3.63, 3.8) is 0 Å². The molecular formula is C17H19F2N3O5. The van der Waals surface area contributed by atoms with E-state index in [1.165, 1.54) is 11.8 Å². The SMILES string of the molecule is CC(OC(=O)C1CCN(C(=O)c2ccc(F)cc2F)CC1)C(=O)NC(N)=O. The maximum absolute atomic E-state index is 13.7. The first-order valence-electron chi connectivity index (χ1n) is 8.24. The fraction of sp³-hybridized carbons (Fsp3) is 0.412. The van der Waals surface area contributed by atoms with Crippen molar-refractivity contribution in [3.8, 4) is 0 Å². The number of benzene rings is 1. The lowest BCUT2D eigenvalue weighted by molar-refractivity contribution is -0.159. The summed E-state index contributed by atoms with van der Waals surface area (Å²) in [6, 6.07) is 1.66. The van der Waals surface area contributed by atoms with Crippen LogP contribution in [0.3, 0.4) is 0 Å². The molecule has 0 aromatic heterocycles. The number of rotatable bonds is 4. The van der Waals surface area contributed by atoms with Crippen molar-refractivity contribution in [1.29, 1.82) is 0 Å². The van der Waals surface area contributed by atoms with Gasteiger partial charge in [0.1, 0.15) is 11.6 Å². The zero-order chi connectivity index (χ0) is 20.1. The lowest BCUT2D eigenvalue weighted by Crippen LogP contribution is -2.44. The maximum atomic E-state index is 13.7. The number of nitrogens with two attached hydrogens (primary N) is 1. The first-order chi connectivity index (χ1) is 12.7. The first-order valence-corrected chi connectivity index (χ1v) is 8.24. The Hall–Kier alpha value is -3.04. The number of hydrogen-bond acceptors (Lipinski definition) is 5. The van der Waals surface area contributed by atoms with Crippen LogP contribution >= 0.6 is 0 Å². The molecule has 1 unspecified atom stereocenters.